The second-order valence-electron chi connectivity index (χ2n) is 9.40. The van der Waals surface area contributed by atoms with Crippen molar-refractivity contribution in [2.45, 2.75) is 0 Å². The van der Waals surface area contributed by atoms with Crippen LogP contribution in [0, 0.1) is 17.0 Å². The number of carbonyl (C=O) groups is 1. The molecular formula is C32H25F2N5O6. The summed E-state index contributed by atoms with van der Waals surface area (Å²) in [4.78, 5) is 19.6. The topological polar surface area (TPSA) is 155 Å². The second kappa shape index (κ2) is 13.0. The lowest BCUT2D eigenvalue weighted by atomic mass is 10.2. The molecule has 0 radical (unpaired) electrons. The van der Waals surface area contributed by atoms with Gasteiger partial charge in [-0.2, -0.15) is 13.8 Å². The van der Waals surface area contributed by atoms with Crippen LogP contribution in [0.4, 0.5) is 8.78 Å². The van der Waals surface area contributed by atoms with Gasteiger partial charge in [-0.15, -0.1) is 0 Å². The molecule has 0 atom stereocenters. The Labute approximate surface area is 255 Å². The number of nitrogens with zero attached hydrogens (tertiary/aromatic N) is 3. The molecule has 0 aliphatic heterocycles. The maximum absolute atomic E-state index is 15.9. The number of pyridine rings is 1. The number of nitrogens with two attached hydrogens (primary N) is 1. The first-order valence-electron chi connectivity index (χ1n) is 13.2. The molecule has 0 aliphatic rings. The first-order valence-corrected chi connectivity index (χ1v) is 13.2. The summed E-state index contributed by atoms with van der Waals surface area (Å²) in [5, 5.41) is 18.0. The Balaban J connectivity index is 1.54. The smallest absolute Gasteiger partial charge is 0.330 e. The van der Waals surface area contributed by atoms with Crippen molar-refractivity contribution in [2.75, 3.05) is 7.11 Å². The fourth-order valence-corrected chi connectivity index (χ4v) is 4.02. The minimum atomic E-state index is -1.34. The number of phenols is 1. The molecular weight excluding hydrogens is 588 g/mol. The summed E-state index contributed by atoms with van der Waals surface area (Å²) in [5.41, 5.74) is 6.95. The number of rotatable bonds is 10. The highest BCUT2D eigenvalue weighted by molar-refractivity contribution is 5.95. The normalized spacial score (nSPS) is 10.9. The largest absolute Gasteiger partial charge is 0.504 e. The zero-order chi connectivity index (χ0) is 32.1. The number of aromatic nitrogens is 3. The zero-order valence-electron chi connectivity index (χ0n) is 23.8. The Morgan fingerprint density at radius 3 is 2.38 bits per heavy atom. The second-order valence-corrected chi connectivity index (χ2v) is 9.40. The van der Waals surface area contributed by atoms with Crippen molar-refractivity contribution in [2.24, 2.45) is 12.8 Å². The quantitative estimate of drug-likeness (QED) is 0.0711. The number of benzene rings is 3. The van der Waals surface area contributed by atoms with Gasteiger partial charge in [0.15, 0.2) is 11.5 Å². The van der Waals surface area contributed by atoms with E-state index in [-0.39, 0.29) is 28.6 Å². The number of carbonyl (C=O) groups excluding carboxylic acids is 1. The number of phenolic OH excluding ortho intramolecular Hbond substituents is 1. The number of methoxy groups -OCH3 is 1. The van der Waals surface area contributed by atoms with Gasteiger partial charge in [-0.05, 0) is 54.1 Å². The summed E-state index contributed by atoms with van der Waals surface area (Å²) in [5.74, 6) is -5.85. The molecule has 2 heterocycles. The zero-order valence-corrected chi connectivity index (χ0v) is 23.8. The number of hydrogen-bond donors (Lipinski definition) is 3. The summed E-state index contributed by atoms with van der Waals surface area (Å²) < 4.78 is 54.9. The maximum Gasteiger partial charge on any atom is 0.330 e. The van der Waals surface area contributed by atoms with Gasteiger partial charge >= 0.3 is 5.97 Å². The minimum Gasteiger partial charge on any atom is -0.504 e. The number of aromatic hydroxyl groups is 1. The molecule has 0 saturated carbocycles. The number of nitrogen functional groups attached to an aromatic ring is 1. The average molecular weight is 614 g/mol. The fourth-order valence-electron chi connectivity index (χ4n) is 4.02. The number of amidine groups is 1. The van der Waals surface area contributed by atoms with Crippen molar-refractivity contribution >= 4 is 17.9 Å². The molecule has 5 rings (SSSR count). The third kappa shape index (κ3) is 6.88. The molecule has 228 valence electrons. The molecule has 0 bridgehead atoms. The Bertz CT molecular complexity index is 1920. The molecule has 3 aromatic carbocycles. The van der Waals surface area contributed by atoms with Crippen molar-refractivity contribution < 1.29 is 37.6 Å². The number of esters is 1. The van der Waals surface area contributed by atoms with E-state index < -0.39 is 40.9 Å². The van der Waals surface area contributed by atoms with E-state index in [1.54, 1.807) is 53.4 Å². The Hall–Kier alpha value is -6.24. The summed E-state index contributed by atoms with van der Waals surface area (Å²) in [6.45, 7) is 0. The predicted molar refractivity (Wildman–Crippen MR) is 160 cm³/mol. The van der Waals surface area contributed by atoms with Crippen LogP contribution in [0.3, 0.4) is 0 Å². The van der Waals surface area contributed by atoms with E-state index in [1.165, 1.54) is 49.6 Å². The van der Waals surface area contributed by atoms with Gasteiger partial charge in [0.1, 0.15) is 23.2 Å². The minimum absolute atomic E-state index is 0.0318. The van der Waals surface area contributed by atoms with Gasteiger partial charge in [0, 0.05) is 36.6 Å². The Morgan fingerprint density at radius 1 is 0.978 bits per heavy atom. The lowest BCUT2D eigenvalue weighted by Crippen LogP contribution is -2.11. The van der Waals surface area contributed by atoms with E-state index in [9.17, 15) is 9.90 Å². The van der Waals surface area contributed by atoms with E-state index in [0.717, 1.165) is 0 Å². The van der Waals surface area contributed by atoms with Crippen LogP contribution in [0.1, 0.15) is 11.1 Å². The van der Waals surface area contributed by atoms with E-state index >= 15 is 8.78 Å². The van der Waals surface area contributed by atoms with Crippen LogP contribution in [0.2, 0.25) is 0 Å². The highest BCUT2D eigenvalue weighted by atomic mass is 19.1. The van der Waals surface area contributed by atoms with Crippen LogP contribution in [-0.4, -0.2) is 38.6 Å². The van der Waals surface area contributed by atoms with Gasteiger partial charge in [0.25, 0.3) is 11.8 Å². The molecule has 4 N–H and O–H groups in total. The van der Waals surface area contributed by atoms with Crippen LogP contribution in [0.5, 0.6) is 40.5 Å². The molecule has 11 nitrogen and oxygen atoms in total. The maximum atomic E-state index is 15.9. The standard InChI is InChI=1S/C32H25F2N5O6/c1-39-15-14-37-30(39)20-4-3-5-22(16-20)44-31-26(33)28(43-21-10-6-18(7-11-21)8-13-25(41)42-2)27(34)32(38-31)45-24-17-19(29(35)36)9-12-23(24)40/h3-17,40H,1-2H3,(H3,35,36)/b13-8+. The number of hydrogen-bond acceptors (Lipinski definition) is 9. The van der Waals surface area contributed by atoms with Crippen molar-refractivity contribution in [1.29, 1.82) is 5.41 Å². The number of ether oxygens (including phenoxy) is 4. The van der Waals surface area contributed by atoms with Gasteiger partial charge in [-0.25, -0.2) is 9.78 Å². The highest BCUT2D eigenvalue weighted by Crippen LogP contribution is 2.41. The van der Waals surface area contributed by atoms with E-state index in [2.05, 4.69) is 14.7 Å². The Morgan fingerprint density at radius 2 is 1.71 bits per heavy atom. The highest BCUT2D eigenvalue weighted by Gasteiger charge is 2.27. The summed E-state index contributed by atoms with van der Waals surface area (Å²) in [7, 11) is 3.05. The number of nitrogens with one attached hydrogen (secondary N) is 1. The SMILES string of the molecule is COC(=O)/C=C/c1ccc(Oc2c(F)c(Oc3cccc(-c4nccn4C)c3)nc(Oc3cc(C(=N)N)ccc3O)c2F)cc1. The molecule has 0 amide bonds. The van der Waals surface area contributed by atoms with Crippen molar-refractivity contribution in [1.82, 2.24) is 14.5 Å². The molecule has 0 saturated heterocycles. The van der Waals surface area contributed by atoms with Gasteiger partial charge in [-0.3, -0.25) is 5.41 Å². The lowest BCUT2D eigenvalue weighted by molar-refractivity contribution is -0.134. The summed E-state index contributed by atoms with van der Waals surface area (Å²) in [6, 6.07) is 16.3. The monoisotopic (exact) mass is 613 g/mol. The number of halogens is 2. The van der Waals surface area contributed by atoms with Crippen LogP contribution in [0.15, 0.2) is 85.2 Å². The third-order valence-electron chi connectivity index (χ3n) is 6.30. The molecule has 0 fully saturated rings. The molecule has 45 heavy (non-hydrogen) atoms. The molecule has 0 unspecified atom stereocenters. The molecule has 13 heteroatoms. The third-order valence-corrected chi connectivity index (χ3v) is 6.30. The van der Waals surface area contributed by atoms with Crippen LogP contribution in [-0.2, 0) is 16.6 Å². The predicted octanol–water partition coefficient (Wildman–Crippen LogP) is 6.31. The fraction of sp³-hybridized carbons (Fsp3) is 0.0625. The van der Waals surface area contributed by atoms with Crippen molar-refractivity contribution in [3.05, 3.63) is 108 Å². The molecule has 5 aromatic rings. The van der Waals surface area contributed by atoms with Crippen LogP contribution < -0.4 is 19.9 Å². The van der Waals surface area contributed by atoms with Gasteiger partial charge in [-0.1, -0.05) is 24.3 Å². The Kier molecular flexibility index (Phi) is 8.70. The lowest BCUT2D eigenvalue weighted by Gasteiger charge is -2.15. The van der Waals surface area contributed by atoms with Gasteiger partial charge in [0.2, 0.25) is 17.4 Å². The average Bonchev–Trinajstić information content (AvgIpc) is 3.47. The summed E-state index contributed by atoms with van der Waals surface area (Å²) >= 11 is 0. The van der Waals surface area contributed by atoms with Crippen molar-refractivity contribution in [3.8, 4) is 51.9 Å². The number of aryl methyl sites for hydroxylation is 1. The van der Waals surface area contributed by atoms with Gasteiger partial charge in [0.05, 0.1) is 7.11 Å². The van der Waals surface area contributed by atoms with Gasteiger partial charge < -0.3 is 34.4 Å². The number of imidazole rings is 1. The van der Waals surface area contributed by atoms with Crippen molar-refractivity contribution in [3.63, 3.8) is 0 Å². The first-order chi connectivity index (χ1) is 21.6. The van der Waals surface area contributed by atoms with Crippen LogP contribution >= 0.6 is 0 Å². The molecule has 2 aromatic heterocycles. The summed E-state index contributed by atoms with van der Waals surface area (Å²) in [6.07, 6.45) is 6.08. The van der Waals surface area contributed by atoms with Crippen LogP contribution in [0.25, 0.3) is 17.5 Å². The van der Waals surface area contributed by atoms with E-state index in [1.807, 2.05) is 7.05 Å². The molecule has 0 spiro atoms. The first kappa shape index (κ1) is 30.2. The van der Waals surface area contributed by atoms with E-state index in [4.69, 9.17) is 25.4 Å². The van der Waals surface area contributed by atoms with E-state index in [0.29, 0.717) is 17.0 Å². The molecule has 0 aliphatic carbocycles.